The molecule has 2 aromatic heterocycles. The Balaban J connectivity index is 2.31. The molecule has 20 heavy (non-hydrogen) atoms. The third-order valence-corrected chi connectivity index (χ3v) is 3.26. The van der Waals surface area contributed by atoms with Crippen LogP contribution in [0.2, 0.25) is 5.02 Å². The quantitative estimate of drug-likeness (QED) is 0.758. The molecule has 0 atom stereocenters. The van der Waals surface area contributed by atoms with E-state index >= 15 is 0 Å². The summed E-state index contributed by atoms with van der Waals surface area (Å²) in [5.41, 5.74) is 7.64. The van der Waals surface area contributed by atoms with E-state index in [9.17, 15) is 4.39 Å². The molecule has 0 radical (unpaired) electrons. The first-order valence-electron chi connectivity index (χ1n) is 5.72. The van der Waals surface area contributed by atoms with E-state index in [0.717, 1.165) is 0 Å². The normalized spacial score (nSPS) is 10.9. The van der Waals surface area contributed by atoms with Gasteiger partial charge in [-0.1, -0.05) is 23.7 Å². The molecule has 0 bridgehead atoms. The maximum absolute atomic E-state index is 14.2. The van der Waals surface area contributed by atoms with Gasteiger partial charge in [0.25, 0.3) is 0 Å². The highest BCUT2D eigenvalue weighted by Gasteiger charge is 2.22. The molecule has 0 unspecified atom stereocenters. The number of rotatable bonds is 2. The van der Waals surface area contributed by atoms with Gasteiger partial charge in [-0.2, -0.15) is 20.5 Å². The largest absolute Gasteiger partial charge is 0.383 e. The predicted octanol–water partition coefficient (Wildman–Crippen LogP) is 2.25. The van der Waals surface area contributed by atoms with Crippen molar-refractivity contribution in [2.45, 2.75) is 0 Å². The van der Waals surface area contributed by atoms with Gasteiger partial charge in [0.15, 0.2) is 0 Å². The molecule has 6 nitrogen and oxygen atoms in total. The lowest BCUT2D eigenvalue weighted by atomic mass is 10.0. The summed E-state index contributed by atoms with van der Waals surface area (Å²) in [7, 11) is 1.67. The number of aromatic nitrogens is 5. The van der Waals surface area contributed by atoms with Crippen LogP contribution in [-0.2, 0) is 7.05 Å². The number of benzene rings is 1. The Hall–Kier alpha value is -2.41. The van der Waals surface area contributed by atoms with Crippen molar-refractivity contribution in [1.82, 2.24) is 25.2 Å². The van der Waals surface area contributed by atoms with Crippen LogP contribution in [0.25, 0.3) is 22.5 Å². The molecule has 8 heteroatoms. The second kappa shape index (κ2) is 4.61. The summed E-state index contributed by atoms with van der Waals surface area (Å²) in [6, 6.07) is 4.72. The van der Waals surface area contributed by atoms with Crippen molar-refractivity contribution in [1.29, 1.82) is 0 Å². The highest BCUT2D eigenvalue weighted by molar-refractivity contribution is 6.31. The Morgan fingerprint density at radius 2 is 2.20 bits per heavy atom. The highest BCUT2D eigenvalue weighted by atomic mass is 35.5. The molecule has 2 heterocycles. The molecule has 3 rings (SSSR count). The molecule has 0 aliphatic heterocycles. The molecule has 0 fully saturated rings. The summed E-state index contributed by atoms with van der Waals surface area (Å²) in [6.07, 6.45) is 1.49. The molecular weight excluding hydrogens is 283 g/mol. The van der Waals surface area contributed by atoms with Crippen LogP contribution in [0.5, 0.6) is 0 Å². The van der Waals surface area contributed by atoms with Crippen molar-refractivity contribution < 1.29 is 4.39 Å². The molecule has 0 spiro atoms. The van der Waals surface area contributed by atoms with Gasteiger partial charge in [0.2, 0.25) is 0 Å². The number of halogens is 2. The van der Waals surface area contributed by atoms with Gasteiger partial charge >= 0.3 is 0 Å². The van der Waals surface area contributed by atoms with E-state index in [4.69, 9.17) is 17.3 Å². The maximum atomic E-state index is 14.2. The van der Waals surface area contributed by atoms with Gasteiger partial charge in [0.1, 0.15) is 23.0 Å². The van der Waals surface area contributed by atoms with Crippen LogP contribution in [0.1, 0.15) is 0 Å². The maximum Gasteiger partial charge on any atom is 0.149 e. The van der Waals surface area contributed by atoms with E-state index < -0.39 is 5.82 Å². The Morgan fingerprint density at radius 3 is 2.90 bits per heavy atom. The standard InChI is InChI=1S/C12H10ClFN6/c1-20-12(15)9(6-3-2-4-7(13)10(6)14)11(18-20)8-5-16-19-17-8/h2-5H,15H2,1H3,(H,16,17,19). The Labute approximate surface area is 118 Å². The lowest BCUT2D eigenvalue weighted by Crippen LogP contribution is -1.98. The number of nitrogen functional groups attached to an aromatic ring is 1. The molecule has 0 aliphatic carbocycles. The number of nitrogens with zero attached hydrogens (tertiary/aromatic N) is 4. The van der Waals surface area contributed by atoms with Crippen LogP contribution in [-0.4, -0.2) is 25.2 Å². The topological polar surface area (TPSA) is 85.4 Å². The minimum Gasteiger partial charge on any atom is -0.383 e. The van der Waals surface area contributed by atoms with Gasteiger partial charge in [-0.25, -0.2) is 4.39 Å². The fraction of sp³-hybridized carbons (Fsp3) is 0.0833. The average molecular weight is 293 g/mol. The van der Waals surface area contributed by atoms with Gasteiger partial charge in [-0.05, 0) is 6.07 Å². The van der Waals surface area contributed by atoms with Crippen LogP contribution in [0.3, 0.4) is 0 Å². The smallest absolute Gasteiger partial charge is 0.149 e. The van der Waals surface area contributed by atoms with Gasteiger partial charge in [0, 0.05) is 12.6 Å². The van der Waals surface area contributed by atoms with Crippen molar-refractivity contribution in [3.8, 4) is 22.5 Å². The zero-order valence-corrected chi connectivity index (χ0v) is 11.2. The Kier molecular flexibility index (Phi) is 2.90. The van der Waals surface area contributed by atoms with Crippen LogP contribution >= 0.6 is 11.6 Å². The molecule has 0 aliphatic rings. The number of hydrogen-bond donors (Lipinski definition) is 2. The van der Waals surface area contributed by atoms with Crippen molar-refractivity contribution in [3.63, 3.8) is 0 Å². The molecule has 3 N–H and O–H groups in total. The molecule has 3 aromatic rings. The van der Waals surface area contributed by atoms with Crippen LogP contribution in [0.15, 0.2) is 24.4 Å². The second-order valence-corrected chi connectivity index (χ2v) is 4.60. The minimum atomic E-state index is -0.543. The van der Waals surface area contributed by atoms with Gasteiger partial charge in [0.05, 0.1) is 16.8 Å². The molecule has 102 valence electrons. The first-order valence-corrected chi connectivity index (χ1v) is 6.10. The average Bonchev–Trinajstić information content (AvgIpc) is 3.04. The number of nitrogens with two attached hydrogens (primary N) is 1. The molecule has 1 aromatic carbocycles. The van der Waals surface area contributed by atoms with Crippen LogP contribution in [0.4, 0.5) is 10.2 Å². The fourth-order valence-corrected chi connectivity index (χ4v) is 2.17. The summed E-state index contributed by atoms with van der Waals surface area (Å²) in [5.74, 6) is -0.220. The monoisotopic (exact) mass is 292 g/mol. The first-order chi connectivity index (χ1) is 9.59. The summed E-state index contributed by atoms with van der Waals surface area (Å²) in [4.78, 5) is 0. The lowest BCUT2D eigenvalue weighted by Gasteiger charge is -2.05. The zero-order chi connectivity index (χ0) is 14.3. The van der Waals surface area contributed by atoms with E-state index in [0.29, 0.717) is 22.8 Å². The number of H-pyrrole nitrogens is 1. The van der Waals surface area contributed by atoms with Crippen LogP contribution in [0, 0.1) is 5.82 Å². The minimum absolute atomic E-state index is 0.0249. The first kappa shape index (κ1) is 12.6. The predicted molar refractivity (Wildman–Crippen MR) is 73.4 cm³/mol. The van der Waals surface area contributed by atoms with E-state index in [-0.39, 0.29) is 10.6 Å². The van der Waals surface area contributed by atoms with Crippen molar-refractivity contribution in [2.75, 3.05) is 5.73 Å². The van der Waals surface area contributed by atoms with Crippen LogP contribution < -0.4 is 5.73 Å². The second-order valence-electron chi connectivity index (χ2n) is 4.19. The highest BCUT2D eigenvalue weighted by Crippen LogP contribution is 2.37. The zero-order valence-electron chi connectivity index (χ0n) is 10.4. The summed E-state index contributed by atoms with van der Waals surface area (Å²) in [6.45, 7) is 0. The van der Waals surface area contributed by atoms with Crippen molar-refractivity contribution in [3.05, 3.63) is 35.2 Å². The molecular formula is C12H10ClFN6. The van der Waals surface area contributed by atoms with E-state index in [1.165, 1.54) is 16.9 Å². The third-order valence-electron chi connectivity index (χ3n) is 2.97. The fourth-order valence-electron chi connectivity index (χ4n) is 1.99. The lowest BCUT2D eigenvalue weighted by molar-refractivity contribution is 0.632. The Morgan fingerprint density at radius 1 is 1.40 bits per heavy atom. The van der Waals surface area contributed by atoms with Gasteiger partial charge in [-0.15, -0.1) is 0 Å². The summed E-state index contributed by atoms with van der Waals surface area (Å²) in [5, 5.41) is 14.5. The van der Waals surface area contributed by atoms with Crippen molar-refractivity contribution in [2.24, 2.45) is 7.05 Å². The van der Waals surface area contributed by atoms with E-state index in [2.05, 4.69) is 20.5 Å². The molecule has 0 saturated carbocycles. The summed E-state index contributed by atoms with van der Waals surface area (Å²) >= 11 is 5.82. The van der Waals surface area contributed by atoms with Gasteiger partial charge in [-0.3, -0.25) is 4.68 Å². The van der Waals surface area contributed by atoms with E-state index in [1.54, 1.807) is 19.2 Å². The number of aryl methyl sites for hydroxylation is 1. The van der Waals surface area contributed by atoms with Gasteiger partial charge < -0.3 is 5.73 Å². The number of nitrogens with one attached hydrogen (secondary N) is 1. The Bertz CT molecular complexity index is 765. The SMILES string of the molecule is Cn1nc(-c2cn[nH]n2)c(-c2cccc(Cl)c2F)c1N. The molecule has 0 amide bonds. The van der Waals surface area contributed by atoms with Crippen molar-refractivity contribution >= 4 is 17.4 Å². The number of anilines is 1. The van der Waals surface area contributed by atoms with E-state index in [1.807, 2.05) is 0 Å². The number of aromatic amines is 1. The summed E-state index contributed by atoms with van der Waals surface area (Å²) < 4.78 is 15.7. The third kappa shape index (κ3) is 1.83. The number of hydrogen-bond acceptors (Lipinski definition) is 4. The molecule has 0 saturated heterocycles.